The molecule has 0 atom stereocenters. The maximum atomic E-state index is 12.3. The normalized spacial score (nSPS) is 15.8. The first kappa shape index (κ1) is 12.9. The third-order valence-electron chi connectivity index (χ3n) is 3.95. The highest BCUT2D eigenvalue weighted by molar-refractivity contribution is 5.80. The Balaban J connectivity index is 1.92. The number of carbonyl (C=O) groups excluding carboxylic acids is 1. The highest BCUT2D eigenvalue weighted by Gasteiger charge is 2.19. The van der Waals surface area contributed by atoms with E-state index in [2.05, 4.69) is 4.98 Å². The molecule has 2 aromatic rings. The molecule has 0 radical (unpaired) electrons. The molecule has 1 aliphatic heterocycles. The van der Waals surface area contributed by atoms with Crippen LogP contribution in [0.25, 0.3) is 11.0 Å². The number of hydrogen-bond donors (Lipinski definition) is 0. The zero-order chi connectivity index (χ0) is 14.1. The summed E-state index contributed by atoms with van der Waals surface area (Å²) in [4.78, 5) is 30.4. The molecule has 1 saturated heterocycles. The van der Waals surface area contributed by atoms with Gasteiger partial charge >= 0.3 is 5.69 Å². The Morgan fingerprint density at radius 2 is 2.00 bits per heavy atom. The van der Waals surface area contributed by atoms with Gasteiger partial charge in [-0.15, -0.1) is 0 Å². The minimum atomic E-state index is -0.168. The zero-order valence-corrected chi connectivity index (χ0v) is 11.6. The van der Waals surface area contributed by atoms with Gasteiger partial charge < -0.3 is 4.90 Å². The molecule has 0 unspecified atom stereocenters. The van der Waals surface area contributed by atoms with E-state index in [0.29, 0.717) is 5.52 Å². The van der Waals surface area contributed by atoms with Crippen LogP contribution in [0, 0.1) is 0 Å². The molecule has 0 N–H and O–H groups in total. The van der Waals surface area contributed by atoms with Crippen molar-refractivity contribution in [1.29, 1.82) is 0 Å². The van der Waals surface area contributed by atoms with Gasteiger partial charge in [0.1, 0.15) is 6.54 Å². The quantitative estimate of drug-likeness (QED) is 0.812. The monoisotopic (exact) mass is 274 g/mol. The van der Waals surface area contributed by atoms with E-state index in [1.54, 1.807) is 30.1 Å². The molecule has 0 spiro atoms. The molecule has 6 heteroatoms. The van der Waals surface area contributed by atoms with Crippen molar-refractivity contribution in [1.82, 2.24) is 19.0 Å². The first-order chi connectivity index (χ1) is 9.68. The summed E-state index contributed by atoms with van der Waals surface area (Å²) in [6, 6.07) is 1.79. The average molecular weight is 274 g/mol. The summed E-state index contributed by atoms with van der Waals surface area (Å²) >= 11 is 0. The van der Waals surface area contributed by atoms with Gasteiger partial charge in [0.2, 0.25) is 5.91 Å². The van der Waals surface area contributed by atoms with Crippen molar-refractivity contribution in [2.45, 2.75) is 25.8 Å². The minimum absolute atomic E-state index is 0.0168. The lowest BCUT2D eigenvalue weighted by Gasteiger charge is -2.26. The maximum absolute atomic E-state index is 12.3. The van der Waals surface area contributed by atoms with Gasteiger partial charge in [-0.1, -0.05) is 0 Å². The molecule has 6 nitrogen and oxygen atoms in total. The number of rotatable bonds is 2. The number of piperidine rings is 1. The first-order valence-corrected chi connectivity index (χ1v) is 6.95. The summed E-state index contributed by atoms with van der Waals surface area (Å²) in [7, 11) is 1.71. The molecule has 2 aromatic heterocycles. The molecule has 1 fully saturated rings. The van der Waals surface area contributed by atoms with E-state index in [-0.39, 0.29) is 18.1 Å². The molecule has 0 saturated carbocycles. The van der Waals surface area contributed by atoms with Crippen LogP contribution in [0.1, 0.15) is 19.3 Å². The van der Waals surface area contributed by atoms with Crippen LogP contribution >= 0.6 is 0 Å². The van der Waals surface area contributed by atoms with Crippen LogP contribution < -0.4 is 5.69 Å². The average Bonchev–Trinajstić information content (AvgIpc) is 2.74. The van der Waals surface area contributed by atoms with Crippen molar-refractivity contribution in [3.05, 3.63) is 28.9 Å². The molecular weight excluding hydrogens is 256 g/mol. The van der Waals surface area contributed by atoms with Crippen LogP contribution in [0.15, 0.2) is 23.3 Å². The Morgan fingerprint density at radius 3 is 2.75 bits per heavy atom. The van der Waals surface area contributed by atoms with E-state index in [1.807, 2.05) is 4.90 Å². The Kier molecular flexibility index (Phi) is 3.30. The van der Waals surface area contributed by atoms with Gasteiger partial charge in [0.15, 0.2) is 0 Å². The highest BCUT2D eigenvalue weighted by Crippen LogP contribution is 2.12. The van der Waals surface area contributed by atoms with Gasteiger partial charge in [0.05, 0.1) is 17.2 Å². The molecular formula is C14H18N4O2. The first-order valence-electron chi connectivity index (χ1n) is 6.95. The predicted molar refractivity (Wildman–Crippen MR) is 75.4 cm³/mol. The SMILES string of the molecule is Cn1c(=O)n(CC(=O)N2CCCCC2)c2cnccc21. The number of aryl methyl sites for hydroxylation is 1. The van der Waals surface area contributed by atoms with Gasteiger partial charge in [-0.25, -0.2) is 4.79 Å². The van der Waals surface area contributed by atoms with Crippen molar-refractivity contribution < 1.29 is 4.79 Å². The lowest BCUT2D eigenvalue weighted by atomic mass is 10.1. The fourth-order valence-electron chi connectivity index (χ4n) is 2.79. The van der Waals surface area contributed by atoms with Crippen molar-refractivity contribution in [2.24, 2.45) is 7.05 Å². The standard InChI is InChI=1S/C14H18N4O2/c1-16-11-5-6-15-9-12(11)18(14(16)20)10-13(19)17-7-3-2-4-8-17/h5-6,9H,2-4,7-8,10H2,1H3. The van der Waals surface area contributed by atoms with Gasteiger partial charge in [-0.05, 0) is 25.3 Å². The van der Waals surface area contributed by atoms with E-state index < -0.39 is 0 Å². The number of carbonyl (C=O) groups is 1. The topological polar surface area (TPSA) is 60.1 Å². The summed E-state index contributed by atoms with van der Waals surface area (Å²) in [6.45, 7) is 1.70. The summed E-state index contributed by atoms with van der Waals surface area (Å²) in [5.74, 6) is 0.0168. The van der Waals surface area contributed by atoms with Crippen LogP contribution in [-0.4, -0.2) is 38.0 Å². The fraction of sp³-hybridized carbons (Fsp3) is 0.500. The van der Waals surface area contributed by atoms with Gasteiger partial charge in [0.25, 0.3) is 0 Å². The lowest BCUT2D eigenvalue weighted by Crippen LogP contribution is -2.39. The smallest absolute Gasteiger partial charge is 0.329 e. The van der Waals surface area contributed by atoms with Gasteiger partial charge in [0, 0.05) is 26.3 Å². The number of nitrogens with zero attached hydrogens (tertiary/aromatic N) is 4. The van der Waals surface area contributed by atoms with E-state index in [1.165, 1.54) is 11.0 Å². The van der Waals surface area contributed by atoms with Crippen LogP contribution in [0.2, 0.25) is 0 Å². The molecule has 106 valence electrons. The molecule has 1 aliphatic rings. The van der Waals surface area contributed by atoms with Crippen LogP contribution in [0.5, 0.6) is 0 Å². The van der Waals surface area contributed by atoms with E-state index in [0.717, 1.165) is 31.4 Å². The summed E-state index contributed by atoms with van der Waals surface area (Å²) in [6.07, 6.45) is 6.58. The maximum Gasteiger partial charge on any atom is 0.329 e. The van der Waals surface area contributed by atoms with E-state index in [9.17, 15) is 9.59 Å². The molecule has 3 heterocycles. The van der Waals surface area contributed by atoms with Crippen molar-refractivity contribution in [3.63, 3.8) is 0 Å². The second-order valence-electron chi connectivity index (χ2n) is 5.23. The minimum Gasteiger partial charge on any atom is -0.341 e. The number of fused-ring (bicyclic) bond motifs is 1. The summed E-state index contributed by atoms with van der Waals surface area (Å²) < 4.78 is 3.07. The molecule has 20 heavy (non-hydrogen) atoms. The highest BCUT2D eigenvalue weighted by atomic mass is 16.2. The Labute approximate surface area is 116 Å². The van der Waals surface area contributed by atoms with E-state index >= 15 is 0 Å². The summed E-state index contributed by atoms with van der Waals surface area (Å²) in [5, 5.41) is 0. The second-order valence-corrected chi connectivity index (χ2v) is 5.23. The number of aromatic nitrogens is 3. The molecule has 1 amide bonds. The number of imidazole rings is 1. The number of amides is 1. The number of hydrogen-bond acceptors (Lipinski definition) is 3. The van der Waals surface area contributed by atoms with Crippen molar-refractivity contribution in [2.75, 3.05) is 13.1 Å². The Bertz CT molecular complexity index is 695. The Hall–Kier alpha value is -2.11. The van der Waals surface area contributed by atoms with Crippen LogP contribution in [0.4, 0.5) is 0 Å². The zero-order valence-electron chi connectivity index (χ0n) is 11.6. The van der Waals surface area contributed by atoms with Gasteiger partial charge in [-0.2, -0.15) is 0 Å². The molecule has 0 aliphatic carbocycles. The Morgan fingerprint density at radius 1 is 1.25 bits per heavy atom. The van der Waals surface area contributed by atoms with Crippen molar-refractivity contribution >= 4 is 16.9 Å². The molecule has 0 bridgehead atoms. The summed E-state index contributed by atoms with van der Waals surface area (Å²) in [5.41, 5.74) is 1.35. The third-order valence-corrected chi connectivity index (χ3v) is 3.95. The molecule has 0 aromatic carbocycles. The lowest BCUT2D eigenvalue weighted by molar-refractivity contribution is -0.132. The van der Waals surface area contributed by atoms with Crippen molar-refractivity contribution in [3.8, 4) is 0 Å². The van der Waals surface area contributed by atoms with Crippen LogP contribution in [0.3, 0.4) is 0 Å². The predicted octanol–water partition coefficient (Wildman–Crippen LogP) is 0.747. The third kappa shape index (κ3) is 2.11. The number of pyridine rings is 1. The number of likely N-dealkylation sites (tertiary alicyclic amines) is 1. The van der Waals surface area contributed by atoms with E-state index in [4.69, 9.17) is 0 Å². The largest absolute Gasteiger partial charge is 0.341 e. The fourth-order valence-corrected chi connectivity index (χ4v) is 2.79. The second kappa shape index (κ2) is 5.11. The molecule has 3 rings (SSSR count). The van der Waals surface area contributed by atoms with Crippen LogP contribution in [-0.2, 0) is 18.4 Å². The van der Waals surface area contributed by atoms with Gasteiger partial charge in [-0.3, -0.25) is 18.9 Å².